The lowest BCUT2D eigenvalue weighted by Crippen LogP contribution is -2.04. The lowest BCUT2D eigenvalue weighted by molar-refractivity contribution is 0.303. The highest BCUT2D eigenvalue weighted by atomic mass is 35.5. The van der Waals surface area contributed by atoms with Crippen molar-refractivity contribution < 1.29 is 4.74 Å². The number of nitrogens with one attached hydrogen (secondary N) is 1. The Balaban J connectivity index is 1.71. The van der Waals surface area contributed by atoms with E-state index in [1.165, 1.54) is 0 Å². The van der Waals surface area contributed by atoms with Crippen LogP contribution in [0.2, 0.25) is 20.1 Å². The second kappa shape index (κ2) is 8.88. The standard InChI is InChI=1S/C20H15Cl4NO/c21-15-3-6-18(7-4-15)25-11-14-9-16(22)5-8-20(14)26-12-13-1-2-17(23)10-19(13)24/h1-10,25H,11-12H2. The van der Waals surface area contributed by atoms with E-state index in [2.05, 4.69) is 5.32 Å². The summed E-state index contributed by atoms with van der Waals surface area (Å²) >= 11 is 24.2. The molecule has 26 heavy (non-hydrogen) atoms. The zero-order valence-electron chi connectivity index (χ0n) is 13.6. The zero-order valence-corrected chi connectivity index (χ0v) is 16.6. The van der Waals surface area contributed by atoms with E-state index in [0.717, 1.165) is 22.6 Å². The van der Waals surface area contributed by atoms with Gasteiger partial charge in [0.2, 0.25) is 0 Å². The van der Waals surface area contributed by atoms with E-state index in [1.807, 2.05) is 42.5 Å². The van der Waals surface area contributed by atoms with Gasteiger partial charge in [-0.3, -0.25) is 0 Å². The first-order valence-corrected chi connectivity index (χ1v) is 9.37. The largest absolute Gasteiger partial charge is 0.488 e. The highest BCUT2D eigenvalue weighted by Gasteiger charge is 2.08. The van der Waals surface area contributed by atoms with Gasteiger partial charge in [0.15, 0.2) is 0 Å². The molecule has 0 aliphatic heterocycles. The molecule has 0 fully saturated rings. The number of halogens is 4. The average Bonchev–Trinajstić information content (AvgIpc) is 2.62. The second-order valence-electron chi connectivity index (χ2n) is 5.64. The summed E-state index contributed by atoms with van der Waals surface area (Å²) < 4.78 is 5.96. The molecule has 3 aromatic rings. The predicted molar refractivity (Wildman–Crippen MR) is 111 cm³/mol. The summed E-state index contributed by atoms with van der Waals surface area (Å²) in [6.45, 7) is 0.900. The topological polar surface area (TPSA) is 21.3 Å². The Kier molecular flexibility index (Phi) is 6.55. The van der Waals surface area contributed by atoms with E-state index in [9.17, 15) is 0 Å². The lowest BCUT2D eigenvalue weighted by atomic mass is 10.2. The molecule has 0 unspecified atom stereocenters. The van der Waals surface area contributed by atoms with Crippen LogP contribution in [0.3, 0.4) is 0 Å². The molecule has 6 heteroatoms. The van der Waals surface area contributed by atoms with Gasteiger partial charge in [-0.25, -0.2) is 0 Å². The van der Waals surface area contributed by atoms with E-state index in [0.29, 0.717) is 33.2 Å². The van der Waals surface area contributed by atoms with Crippen molar-refractivity contribution in [1.82, 2.24) is 0 Å². The van der Waals surface area contributed by atoms with Gasteiger partial charge in [0.1, 0.15) is 12.4 Å². The summed E-state index contributed by atoms with van der Waals surface area (Å²) in [5, 5.41) is 5.85. The molecule has 0 bridgehead atoms. The summed E-state index contributed by atoms with van der Waals surface area (Å²) in [6.07, 6.45) is 0. The summed E-state index contributed by atoms with van der Waals surface area (Å²) in [5.74, 6) is 0.738. The summed E-state index contributed by atoms with van der Waals surface area (Å²) in [4.78, 5) is 0. The van der Waals surface area contributed by atoms with E-state index < -0.39 is 0 Å². The third-order valence-electron chi connectivity index (χ3n) is 3.75. The molecule has 0 aromatic heterocycles. The van der Waals surface area contributed by atoms with Crippen molar-refractivity contribution in [3.05, 3.63) is 91.9 Å². The van der Waals surface area contributed by atoms with Gasteiger partial charge in [-0.1, -0.05) is 52.5 Å². The Labute approximate surface area is 172 Å². The fourth-order valence-electron chi connectivity index (χ4n) is 2.39. The number of anilines is 1. The maximum absolute atomic E-state index is 6.21. The van der Waals surface area contributed by atoms with Gasteiger partial charge in [0.25, 0.3) is 0 Å². The Hall–Kier alpha value is -1.58. The summed E-state index contributed by atoms with van der Waals surface area (Å²) in [7, 11) is 0. The minimum absolute atomic E-state index is 0.339. The summed E-state index contributed by atoms with van der Waals surface area (Å²) in [5.41, 5.74) is 2.77. The molecule has 0 amide bonds. The van der Waals surface area contributed by atoms with Crippen molar-refractivity contribution in [3.8, 4) is 5.75 Å². The molecule has 0 aliphatic carbocycles. The molecule has 0 aliphatic rings. The molecular weight excluding hydrogens is 412 g/mol. The van der Waals surface area contributed by atoms with Gasteiger partial charge in [-0.2, -0.15) is 0 Å². The van der Waals surface area contributed by atoms with Crippen molar-refractivity contribution in [2.75, 3.05) is 5.32 Å². The summed E-state index contributed by atoms with van der Waals surface area (Å²) in [6, 6.07) is 18.4. The Morgan fingerprint density at radius 1 is 0.692 bits per heavy atom. The van der Waals surface area contributed by atoms with Crippen LogP contribution in [0.1, 0.15) is 11.1 Å². The minimum atomic E-state index is 0.339. The predicted octanol–water partition coefficient (Wildman–Crippen LogP) is 7.49. The first-order chi connectivity index (χ1) is 12.5. The van der Waals surface area contributed by atoms with Gasteiger partial charge in [0, 0.05) is 43.4 Å². The molecule has 0 radical (unpaired) electrons. The number of benzene rings is 3. The van der Waals surface area contributed by atoms with Crippen molar-refractivity contribution >= 4 is 52.1 Å². The van der Waals surface area contributed by atoms with Crippen LogP contribution in [0.15, 0.2) is 60.7 Å². The van der Waals surface area contributed by atoms with E-state index in [4.69, 9.17) is 51.1 Å². The number of hydrogen-bond acceptors (Lipinski definition) is 2. The molecule has 0 saturated heterocycles. The molecule has 0 saturated carbocycles. The molecule has 0 heterocycles. The maximum Gasteiger partial charge on any atom is 0.124 e. The molecule has 2 nitrogen and oxygen atoms in total. The Morgan fingerprint density at radius 3 is 2.08 bits per heavy atom. The van der Waals surface area contributed by atoms with Crippen LogP contribution in [-0.4, -0.2) is 0 Å². The fourth-order valence-corrected chi connectivity index (χ4v) is 3.17. The van der Waals surface area contributed by atoms with Crippen molar-refractivity contribution in [2.45, 2.75) is 13.2 Å². The molecule has 0 spiro atoms. The van der Waals surface area contributed by atoms with Gasteiger partial charge in [-0.15, -0.1) is 0 Å². The molecule has 134 valence electrons. The van der Waals surface area contributed by atoms with Crippen LogP contribution in [0.5, 0.6) is 5.75 Å². The zero-order chi connectivity index (χ0) is 18.5. The van der Waals surface area contributed by atoms with E-state index >= 15 is 0 Å². The van der Waals surface area contributed by atoms with Gasteiger partial charge in [-0.05, 0) is 54.6 Å². The number of hydrogen-bond donors (Lipinski definition) is 1. The molecule has 3 rings (SSSR count). The average molecular weight is 427 g/mol. The van der Waals surface area contributed by atoms with Crippen LogP contribution >= 0.6 is 46.4 Å². The third-order valence-corrected chi connectivity index (χ3v) is 4.82. The highest BCUT2D eigenvalue weighted by Crippen LogP contribution is 2.27. The smallest absolute Gasteiger partial charge is 0.124 e. The van der Waals surface area contributed by atoms with Crippen molar-refractivity contribution in [3.63, 3.8) is 0 Å². The van der Waals surface area contributed by atoms with Gasteiger partial charge < -0.3 is 10.1 Å². The maximum atomic E-state index is 6.21. The first kappa shape index (κ1) is 19.2. The fraction of sp³-hybridized carbons (Fsp3) is 0.100. The van der Waals surface area contributed by atoms with Crippen LogP contribution < -0.4 is 10.1 Å². The molecule has 0 atom stereocenters. The lowest BCUT2D eigenvalue weighted by Gasteiger charge is -2.14. The van der Waals surface area contributed by atoms with E-state index in [1.54, 1.807) is 18.2 Å². The molecule has 1 N–H and O–H groups in total. The van der Waals surface area contributed by atoms with Crippen molar-refractivity contribution in [2.24, 2.45) is 0 Å². The Bertz CT molecular complexity index is 897. The normalized spacial score (nSPS) is 10.6. The second-order valence-corrected chi connectivity index (χ2v) is 7.35. The minimum Gasteiger partial charge on any atom is -0.488 e. The van der Waals surface area contributed by atoms with Gasteiger partial charge in [0.05, 0.1) is 0 Å². The number of ether oxygens (including phenoxy) is 1. The van der Waals surface area contributed by atoms with Gasteiger partial charge >= 0.3 is 0 Å². The highest BCUT2D eigenvalue weighted by molar-refractivity contribution is 6.35. The van der Waals surface area contributed by atoms with Crippen LogP contribution in [0.25, 0.3) is 0 Å². The molecule has 3 aromatic carbocycles. The van der Waals surface area contributed by atoms with Crippen LogP contribution in [0, 0.1) is 0 Å². The SMILES string of the molecule is Clc1ccc(NCc2cc(Cl)ccc2OCc2ccc(Cl)cc2Cl)cc1. The van der Waals surface area contributed by atoms with Crippen LogP contribution in [0.4, 0.5) is 5.69 Å². The van der Waals surface area contributed by atoms with Crippen LogP contribution in [-0.2, 0) is 13.2 Å². The quantitative estimate of drug-likeness (QED) is 0.440. The Morgan fingerprint density at radius 2 is 1.35 bits per heavy atom. The molecular formula is C20H15Cl4NO. The monoisotopic (exact) mass is 425 g/mol. The van der Waals surface area contributed by atoms with E-state index in [-0.39, 0.29) is 0 Å². The number of rotatable bonds is 6. The third kappa shape index (κ3) is 5.21. The first-order valence-electron chi connectivity index (χ1n) is 7.86. The van der Waals surface area contributed by atoms with Crippen molar-refractivity contribution in [1.29, 1.82) is 0 Å².